The molecule has 2 atom stereocenters. The first-order valence-corrected chi connectivity index (χ1v) is 6.69. The minimum Gasteiger partial charge on any atom is -0.481 e. The number of carboxylic acid groups (broad SMARTS) is 2. The summed E-state index contributed by atoms with van der Waals surface area (Å²) in [6.07, 6.45) is -0.721. The Hall–Kier alpha value is -1.93. The van der Waals surface area contributed by atoms with Crippen LogP contribution in [0.4, 0.5) is 0 Å². The Labute approximate surface area is 109 Å². The highest BCUT2D eigenvalue weighted by atomic mass is 32.2. The first kappa shape index (κ1) is 15.1. The number of carbonyl (C=O) groups is 2. The van der Waals surface area contributed by atoms with Gasteiger partial charge in [-0.05, 0) is 5.56 Å². The van der Waals surface area contributed by atoms with Crippen molar-refractivity contribution in [2.24, 2.45) is 0 Å². The summed E-state index contributed by atoms with van der Waals surface area (Å²) >= 11 is 0. The van der Waals surface area contributed by atoms with Gasteiger partial charge in [0.2, 0.25) is 0 Å². The molecular formula is C11H12O7S. The van der Waals surface area contributed by atoms with Crippen LogP contribution in [0, 0.1) is 0 Å². The highest BCUT2D eigenvalue weighted by Gasteiger charge is 2.40. The first-order valence-electron chi connectivity index (χ1n) is 5.19. The van der Waals surface area contributed by atoms with Crippen LogP contribution in [0.2, 0.25) is 0 Å². The monoisotopic (exact) mass is 288 g/mol. The van der Waals surface area contributed by atoms with Crippen LogP contribution >= 0.6 is 0 Å². The van der Waals surface area contributed by atoms with Gasteiger partial charge in [-0.1, -0.05) is 30.3 Å². The van der Waals surface area contributed by atoms with Gasteiger partial charge in [0, 0.05) is 5.92 Å². The van der Waals surface area contributed by atoms with Crippen molar-refractivity contribution >= 4 is 22.1 Å². The second-order valence-electron chi connectivity index (χ2n) is 3.89. The van der Waals surface area contributed by atoms with Gasteiger partial charge in [-0.3, -0.25) is 14.1 Å². The highest BCUT2D eigenvalue weighted by Crippen LogP contribution is 2.28. The fourth-order valence-corrected chi connectivity index (χ4v) is 2.72. The van der Waals surface area contributed by atoms with Gasteiger partial charge < -0.3 is 10.2 Å². The van der Waals surface area contributed by atoms with Gasteiger partial charge in [0.1, 0.15) is 0 Å². The predicted octanol–water partition coefficient (Wildman–Crippen LogP) is 0.586. The van der Waals surface area contributed by atoms with E-state index in [1.807, 2.05) is 0 Å². The number of rotatable bonds is 6. The quantitative estimate of drug-likeness (QED) is 0.653. The molecule has 0 radical (unpaired) electrons. The van der Waals surface area contributed by atoms with E-state index in [0.717, 1.165) is 0 Å². The topological polar surface area (TPSA) is 129 Å². The minimum atomic E-state index is -4.92. The van der Waals surface area contributed by atoms with E-state index in [9.17, 15) is 18.0 Å². The summed E-state index contributed by atoms with van der Waals surface area (Å²) in [5, 5.41) is 15.5. The summed E-state index contributed by atoms with van der Waals surface area (Å²) in [6.45, 7) is 0. The van der Waals surface area contributed by atoms with Gasteiger partial charge in [0.05, 0.1) is 6.42 Å². The molecule has 3 N–H and O–H groups in total. The highest BCUT2D eigenvalue weighted by molar-refractivity contribution is 7.87. The fraction of sp³-hybridized carbons (Fsp3) is 0.273. The molecule has 7 nitrogen and oxygen atoms in total. The molecule has 19 heavy (non-hydrogen) atoms. The normalized spacial score (nSPS) is 14.6. The Bertz CT molecular complexity index is 564. The molecule has 0 saturated heterocycles. The summed E-state index contributed by atoms with van der Waals surface area (Å²) in [5.74, 6) is -4.52. The summed E-state index contributed by atoms with van der Waals surface area (Å²) in [7, 11) is -4.92. The van der Waals surface area contributed by atoms with Crippen LogP contribution in [0.1, 0.15) is 17.9 Å². The number of carboxylic acids is 2. The average molecular weight is 288 g/mol. The number of benzene rings is 1. The molecule has 0 saturated carbocycles. The van der Waals surface area contributed by atoms with Crippen molar-refractivity contribution in [3.8, 4) is 0 Å². The lowest BCUT2D eigenvalue weighted by Gasteiger charge is -2.20. The third-order valence-corrected chi connectivity index (χ3v) is 3.72. The Morgan fingerprint density at radius 3 is 2.00 bits per heavy atom. The zero-order valence-electron chi connectivity index (χ0n) is 9.63. The third-order valence-electron chi connectivity index (χ3n) is 2.55. The van der Waals surface area contributed by atoms with Gasteiger partial charge in [-0.2, -0.15) is 8.42 Å². The van der Waals surface area contributed by atoms with E-state index in [1.54, 1.807) is 6.07 Å². The third kappa shape index (κ3) is 4.04. The van der Waals surface area contributed by atoms with Crippen LogP contribution in [0.15, 0.2) is 30.3 Å². The van der Waals surface area contributed by atoms with Crippen molar-refractivity contribution in [2.75, 3.05) is 0 Å². The van der Waals surface area contributed by atoms with Gasteiger partial charge in [-0.15, -0.1) is 0 Å². The van der Waals surface area contributed by atoms with Crippen molar-refractivity contribution in [2.45, 2.75) is 17.6 Å². The molecule has 0 spiro atoms. The molecule has 8 heteroatoms. The molecule has 0 aliphatic carbocycles. The summed E-state index contributed by atoms with van der Waals surface area (Å²) in [4.78, 5) is 21.8. The van der Waals surface area contributed by atoms with E-state index >= 15 is 0 Å². The largest absolute Gasteiger partial charge is 0.481 e. The Kier molecular flexibility index (Phi) is 4.62. The van der Waals surface area contributed by atoms with Crippen LogP contribution < -0.4 is 0 Å². The molecule has 2 unspecified atom stereocenters. The van der Waals surface area contributed by atoms with Crippen molar-refractivity contribution in [3.63, 3.8) is 0 Å². The smallest absolute Gasteiger partial charge is 0.325 e. The predicted molar refractivity (Wildman–Crippen MR) is 64.4 cm³/mol. The second-order valence-corrected chi connectivity index (χ2v) is 5.43. The SMILES string of the molecule is O=C(O)CC(c1ccccc1)C(C(=O)O)S(=O)(=O)O. The summed E-state index contributed by atoms with van der Waals surface area (Å²) in [5.41, 5.74) is 0.218. The molecule has 0 bridgehead atoms. The fourth-order valence-electron chi connectivity index (χ4n) is 1.80. The van der Waals surface area contributed by atoms with Crippen molar-refractivity contribution in [3.05, 3.63) is 35.9 Å². The van der Waals surface area contributed by atoms with Gasteiger partial charge in [0.25, 0.3) is 10.1 Å². The molecule has 104 valence electrons. The number of hydrogen-bond donors (Lipinski definition) is 3. The molecule has 1 rings (SSSR count). The van der Waals surface area contributed by atoms with E-state index in [1.165, 1.54) is 24.3 Å². The van der Waals surface area contributed by atoms with E-state index in [0.29, 0.717) is 0 Å². The zero-order valence-corrected chi connectivity index (χ0v) is 10.4. The molecule has 1 aromatic rings. The Morgan fingerprint density at radius 1 is 1.11 bits per heavy atom. The lowest BCUT2D eigenvalue weighted by atomic mass is 9.92. The number of aliphatic carboxylic acids is 2. The van der Waals surface area contributed by atoms with Gasteiger partial charge >= 0.3 is 11.9 Å². The maximum atomic E-state index is 11.2. The molecular weight excluding hydrogens is 276 g/mol. The molecule has 1 aromatic carbocycles. The molecule has 0 aliphatic rings. The van der Waals surface area contributed by atoms with Gasteiger partial charge in [0.15, 0.2) is 5.25 Å². The zero-order chi connectivity index (χ0) is 14.6. The van der Waals surface area contributed by atoms with Crippen LogP contribution in [0.25, 0.3) is 0 Å². The maximum absolute atomic E-state index is 11.2. The first-order chi connectivity index (χ1) is 8.73. The Morgan fingerprint density at radius 2 is 1.63 bits per heavy atom. The molecule has 0 fully saturated rings. The molecule has 0 amide bonds. The standard InChI is InChI=1S/C11H12O7S/c12-9(13)6-8(7-4-2-1-3-5-7)10(11(14)15)19(16,17)18/h1-5,8,10H,6H2,(H,12,13)(H,14,15)(H,16,17,18). The van der Waals surface area contributed by atoms with E-state index in [4.69, 9.17) is 14.8 Å². The van der Waals surface area contributed by atoms with Gasteiger partial charge in [-0.25, -0.2) is 0 Å². The minimum absolute atomic E-state index is 0.218. The summed E-state index contributed by atoms with van der Waals surface area (Å²) in [6, 6.07) is 7.48. The molecule has 0 aromatic heterocycles. The van der Waals surface area contributed by atoms with E-state index < -0.39 is 39.6 Å². The van der Waals surface area contributed by atoms with Crippen molar-refractivity contribution < 1.29 is 32.8 Å². The van der Waals surface area contributed by atoms with E-state index in [-0.39, 0.29) is 5.56 Å². The van der Waals surface area contributed by atoms with E-state index in [2.05, 4.69) is 0 Å². The van der Waals surface area contributed by atoms with Crippen LogP contribution in [-0.2, 0) is 19.7 Å². The molecule has 0 heterocycles. The van der Waals surface area contributed by atoms with Crippen LogP contribution in [0.5, 0.6) is 0 Å². The lowest BCUT2D eigenvalue weighted by molar-refractivity contribution is -0.139. The second kappa shape index (κ2) is 5.81. The summed E-state index contributed by atoms with van der Waals surface area (Å²) < 4.78 is 31.3. The average Bonchev–Trinajstić information content (AvgIpc) is 2.26. The van der Waals surface area contributed by atoms with Crippen molar-refractivity contribution in [1.82, 2.24) is 0 Å². The Balaban J connectivity index is 3.30. The lowest BCUT2D eigenvalue weighted by Crippen LogP contribution is -2.36. The molecule has 0 aliphatic heterocycles. The van der Waals surface area contributed by atoms with Crippen LogP contribution in [0.3, 0.4) is 0 Å². The van der Waals surface area contributed by atoms with Crippen molar-refractivity contribution in [1.29, 1.82) is 0 Å². The number of hydrogen-bond acceptors (Lipinski definition) is 4. The van der Waals surface area contributed by atoms with Crippen LogP contribution in [-0.4, -0.2) is 40.4 Å². The maximum Gasteiger partial charge on any atom is 0.325 e.